The van der Waals surface area contributed by atoms with E-state index in [1.165, 1.54) is 23.3 Å². The molecule has 1 aromatic heterocycles. The summed E-state index contributed by atoms with van der Waals surface area (Å²) in [6, 6.07) is 5.94. The number of aryl methyl sites for hydroxylation is 1. The lowest BCUT2D eigenvalue weighted by molar-refractivity contribution is -0.141. The quantitative estimate of drug-likeness (QED) is 0.598. The molecule has 1 aromatic carbocycles. The summed E-state index contributed by atoms with van der Waals surface area (Å²) in [5, 5.41) is 13.0. The summed E-state index contributed by atoms with van der Waals surface area (Å²) in [6.07, 6.45) is -1.51. The Morgan fingerprint density at radius 1 is 1.26 bits per heavy atom. The van der Waals surface area contributed by atoms with E-state index in [1.807, 2.05) is 31.2 Å². The molecule has 1 aliphatic rings. The maximum Gasteiger partial charge on any atom is 0.411 e. The second-order valence-electron chi connectivity index (χ2n) is 9.27. The van der Waals surface area contributed by atoms with Crippen LogP contribution in [0.25, 0.3) is 10.4 Å². The van der Waals surface area contributed by atoms with Gasteiger partial charge in [-0.1, -0.05) is 24.3 Å². The first-order valence-corrected chi connectivity index (χ1v) is 11.9. The number of benzene rings is 1. The number of aliphatic hydroxyl groups excluding tert-OH is 1. The van der Waals surface area contributed by atoms with Crippen LogP contribution in [0.15, 0.2) is 29.8 Å². The van der Waals surface area contributed by atoms with Crippen LogP contribution in [0.4, 0.5) is 4.79 Å². The Balaban J connectivity index is 1.80. The van der Waals surface area contributed by atoms with Crippen molar-refractivity contribution in [3.05, 3.63) is 41.0 Å². The molecular weight excluding hydrogens is 458 g/mol. The number of carbonyl (C=O) groups is 3. The first kappa shape index (κ1) is 25.6. The molecule has 0 bridgehead atoms. The monoisotopic (exact) mass is 489 g/mol. The minimum Gasteiger partial charge on any atom is -0.469 e. The normalized spacial score (nSPS) is 18.9. The molecule has 3 rings (SSSR count). The number of β-amino-alcohol motifs (C(OH)–C–C–N with tert-alkyl or cyclic N) is 1. The minimum absolute atomic E-state index is 0.00242. The van der Waals surface area contributed by atoms with Crippen LogP contribution in [-0.2, 0) is 19.1 Å². The highest BCUT2D eigenvalue weighted by Crippen LogP contribution is 2.29. The molecule has 2 amide bonds. The van der Waals surface area contributed by atoms with E-state index in [4.69, 9.17) is 9.47 Å². The molecule has 2 heterocycles. The number of esters is 1. The summed E-state index contributed by atoms with van der Waals surface area (Å²) in [5.41, 5.74) is 3.68. The Bertz CT molecular complexity index is 1030. The van der Waals surface area contributed by atoms with Crippen molar-refractivity contribution in [3.8, 4) is 10.4 Å². The van der Waals surface area contributed by atoms with Crippen LogP contribution in [-0.4, -0.2) is 64.4 Å². The third-order valence-corrected chi connectivity index (χ3v) is 6.42. The van der Waals surface area contributed by atoms with E-state index in [0.29, 0.717) is 5.56 Å². The number of nitrogens with zero attached hydrogens (tertiary/aromatic N) is 2. The highest BCUT2D eigenvalue weighted by molar-refractivity contribution is 7.13. The number of likely N-dealkylation sites (tertiary alicyclic amines) is 1. The van der Waals surface area contributed by atoms with Gasteiger partial charge in [-0.15, -0.1) is 11.3 Å². The van der Waals surface area contributed by atoms with Crippen LogP contribution >= 0.6 is 11.3 Å². The predicted octanol–water partition coefficient (Wildman–Crippen LogP) is 3.21. The van der Waals surface area contributed by atoms with E-state index in [1.54, 1.807) is 26.3 Å². The topological polar surface area (TPSA) is 118 Å². The zero-order valence-corrected chi connectivity index (χ0v) is 20.8. The third-order valence-electron chi connectivity index (χ3n) is 5.45. The Kier molecular flexibility index (Phi) is 7.93. The number of carbonyl (C=O) groups excluding carboxylic acids is 3. The van der Waals surface area contributed by atoms with Gasteiger partial charge in [0, 0.05) is 6.42 Å². The van der Waals surface area contributed by atoms with Gasteiger partial charge in [0.15, 0.2) is 0 Å². The molecule has 0 spiro atoms. The number of hydrogen-bond donors (Lipinski definition) is 2. The third kappa shape index (κ3) is 6.32. The molecule has 1 saturated heterocycles. The van der Waals surface area contributed by atoms with Crippen LogP contribution in [0.3, 0.4) is 0 Å². The average Bonchev–Trinajstić information content (AvgIpc) is 3.37. The van der Waals surface area contributed by atoms with E-state index in [0.717, 1.165) is 16.1 Å². The summed E-state index contributed by atoms with van der Waals surface area (Å²) in [6.45, 7) is 7.13. The Morgan fingerprint density at radius 3 is 2.50 bits per heavy atom. The average molecular weight is 490 g/mol. The minimum atomic E-state index is -0.913. The Morgan fingerprint density at radius 2 is 1.94 bits per heavy atom. The van der Waals surface area contributed by atoms with Crippen LogP contribution in [0, 0.1) is 6.92 Å². The zero-order chi connectivity index (χ0) is 25.0. The lowest BCUT2D eigenvalue weighted by atomic mass is 10.0. The largest absolute Gasteiger partial charge is 0.469 e. The van der Waals surface area contributed by atoms with Crippen molar-refractivity contribution in [2.75, 3.05) is 13.7 Å². The first-order valence-electron chi connectivity index (χ1n) is 11.0. The van der Waals surface area contributed by atoms with Gasteiger partial charge in [0.05, 0.1) is 48.3 Å². The van der Waals surface area contributed by atoms with Crippen molar-refractivity contribution in [2.45, 2.75) is 64.3 Å². The number of ether oxygens (including phenoxy) is 2. The van der Waals surface area contributed by atoms with Gasteiger partial charge in [-0.25, -0.2) is 9.78 Å². The van der Waals surface area contributed by atoms with Gasteiger partial charge in [-0.2, -0.15) is 0 Å². The second-order valence-corrected chi connectivity index (χ2v) is 10.1. The van der Waals surface area contributed by atoms with Crippen molar-refractivity contribution in [1.29, 1.82) is 0 Å². The number of aliphatic hydroxyl groups is 1. The fourth-order valence-corrected chi connectivity index (χ4v) is 4.61. The van der Waals surface area contributed by atoms with Crippen molar-refractivity contribution in [1.82, 2.24) is 15.2 Å². The zero-order valence-electron chi connectivity index (χ0n) is 20.0. The summed E-state index contributed by atoms with van der Waals surface area (Å²) in [5.74, 6) is -0.957. The molecule has 2 N–H and O–H groups in total. The highest BCUT2D eigenvalue weighted by Gasteiger charge is 2.41. The first-order chi connectivity index (χ1) is 16.0. The fraction of sp³-hybridized carbons (Fsp3) is 0.500. The summed E-state index contributed by atoms with van der Waals surface area (Å²) >= 11 is 1.54. The van der Waals surface area contributed by atoms with Gasteiger partial charge in [0.2, 0.25) is 5.91 Å². The summed E-state index contributed by atoms with van der Waals surface area (Å²) < 4.78 is 10.2. The lowest BCUT2D eigenvalue weighted by Gasteiger charge is -2.29. The molecule has 0 aliphatic carbocycles. The van der Waals surface area contributed by atoms with E-state index < -0.39 is 41.8 Å². The molecule has 0 radical (unpaired) electrons. The van der Waals surface area contributed by atoms with Gasteiger partial charge in [0.1, 0.15) is 11.6 Å². The number of nitrogens with one attached hydrogen (secondary N) is 1. The molecule has 1 unspecified atom stereocenters. The van der Waals surface area contributed by atoms with Gasteiger partial charge in [-0.05, 0) is 38.8 Å². The van der Waals surface area contributed by atoms with Crippen LogP contribution in [0.2, 0.25) is 0 Å². The van der Waals surface area contributed by atoms with Crippen LogP contribution in [0.1, 0.15) is 50.9 Å². The van der Waals surface area contributed by atoms with E-state index in [-0.39, 0.29) is 19.4 Å². The van der Waals surface area contributed by atoms with Gasteiger partial charge < -0.3 is 19.9 Å². The van der Waals surface area contributed by atoms with Crippen molar-refractivity contribution in [2.24, 2.45) is 0 Å². The molecule has 9 nitrogen and oxygen atoms in total. The Labute approximate surface area is 203 Å². The van der Waals surface area contributed by atoms with Crippen molar-refractivity contribution >= 4 is 29.3 Å². The Hall–Kier alpha value is -2.98. The van der Waals surface area contributed by atoms with Crippen molar-refractivity contribution < 1.29 is 29.0 Å². The number of aromatic nitrogens is 1. The number of amides is 2. The smallest absolute Gasteiger partial charge is 0.411 e. The molecule has 0 saturated carbocycles. The van der Waals surface area contributed by atoms with Crippen LogP contribution < -0.4 is 5.32 Å². The SMILES string of the molecule is COC(=O)CC(NC(=O)[C@@H]1C[C@@H](O)CN1C(=O)OC(C)(C)C)c1ccc(-c2scnc2C)cc1. The van der Waals surface area contributed by atoms with E-state index >= 15 is 0 Å². The van der Waals surface area contributed by atoms with E-state index in [2.05, 4.69) is 10.3 Å². The van der Waals surface area contributed by atoms with Crippen LogP contribution in [0.5, 0.6) is 0 Å². The van der Waals surface area contributed by atoms with Gasteiger partial charge in [-0.3, -0.25) is 14.5 Å². The maximum absolute atomic E-state index is 13.2. The molecule has 184 valence electrons. The molecule has 10 heteroatoms. The molecular formula is C24H31N3O6S. The number of hydrogen-bond acceptors (Lipinski definition) is 8. The number of methoxy groups -OCH3 is 1. The van der Waals surface area contributed by atoms with E-state index in [9.17, 15) is 19.5 Å². The number of rotatable bonds is 6. The van der Waals surface area contributed by atoms with Crippen molar-refractivity contribution in [3.63, 3.8) is 0 Å². The molecule has 2 aromatic rings. The lowest BCUT2D eigenvalue weighted by Crippen LogP contribution is -2.48. The standard InChI is InChI=1S/C24H31N3O6S/c1-14-21(34-13-25-14)16-8-6-15(7-9-16)18(11-20(29)32-5)26-22(30)19-10-17(28)12-27(19)23(31)33-24(2,3)4/h6-9,13,17-19,28H,10-12H2,1-5H3,(H,26,30)/t17-,18?,19+/m1/s1. The van der Waals surface area contributed by atoms with Gasteiger partial charge in [0.25, 0.3) is 0 Å². The molecule has 34 heavy (non-hydrogen) atoms. The molecule has 1 aliphatic heterocycles. The molecule has 3 atom stereocenters. The number of thiazole rings is 1. The summed E-state index contributed by atoms with van der Waals surface area (Å²) in [7, 11) is 1.29. The molecule has 1 fully saturated rings. The fourth-order valence-electron chi connectivity index (χ4n) is 3.80. The summed E-state index contributed by atoms with van der Waals surface area (Å²) in [4.78, 5) is 44.4. The maximum atomic E-state index is 13.2. The van der Waals surface area contributed by atoms with Gasteiger partial charge >= 0.3 is 12.1 Å². The highest BCUT2D eigenvalue weighted by atomic mass is 32.1. The second kappa shape index (κ2) is 10.5. The predicted molar refractivity (Wildman–Crippen MR) is 127 cm³/mol.